The third-order valence-corrected chi connectivity index (χ3v) is 2.83. The van der Waals surface area contributed by atoms with Crippen LogP contribution in [0.5, 0.6) is 0 Å². The zero-order chi connectivity index (χ0) is 12.3. The molecule has 0 unspecified atom stereocenters. The molecule has 1 amide bonds. The van der Waals surface area contributed by atoms with Crippen molar-refractivity contribution in [3.05, 3.63) is 40.1 Å². The first-order valence-electron chi connectivity index (χ1n) is 4.74. The number of nitrogens with one attached hydrogen (secondary N) is 2. The van der Waals surface area contributed by atoms with Crippen LogP contribution in [0.25, 0.3) is 0 Å². The van der Waals surface area contributed by atoms with Crippen LogP contribution in [0.15, 0.2) is 23.2 Å². The molecule has 0 fully saturated rings. The van der Waals surface area contributed by atoms with E-state index >= 15 is 0 Å². The molecule has 2 aromatic rings. The van der Waals surface area contributed by atoms with Crippen LogP contribution in [-0.2, 0) is 6.54 Å². The molecule has 0 saturated carbocycles. The van der Waals surface area contributed by atoms with Crippen molar-refractivity contribution in [1.29, 1.82) is 0 Å². The fourth-order valence-electron chi connectivity index (χ4n) is 1.29. The Morgan fingerprint density at radius 2 is 2.35 bits per heavy atom. The molecule has 0 aliphatic rings. The minimum Gasteiger partial charge on any atom is -0.477 e. The van der Waals surface area contributed by atoms with Gasteiger partial charge in [0.25, 0.3) is 5.91 Å². The van der Waals surface area contributed by atoms with E-state index < -0.39 is 11.9 Å². The summed E-state index contributed by atoms with van der Waals surface area (Å²) in [6, 6.07) is 1.88. The molecule has 88 valence electrons. The number of carboxylic acid groups (broad SMARTS) is 1. The highest BCUT2D eigenvalue weighted by atomic mass is 32.1. The number of hydrogen-bond donors (Lipinski definition) is 3. The highest BCUT2D eigenvalue weighted by molar-refractivity contribution is 7.07. The predicted octanol–water partition coefficient (Wildman–Crippen LogP) is 1.10. The number of rotatable bonds is 4. The fourth-order valence-corrected chi connectivity index (χ4v) is 1.96. The first kappa shape index (κ1) is 11.3. The first-order valence-corrected chi connectivity index (χ1v) is 5.68. The van der Waals surface area contributed by atoms with E-state index in [1.807, 2.05) is 16.8 Å². The van der Waals surface area contributed by atoms with E-state index in [0.29, 0.717) is 6.54 Å². The smallest absolute Gasteiger partial charge is 0.354 e. The largest absolute Gasteiger partial charge is 0.477 e. The van der Waals surface area contributed by atoms with Crippen molar-refractivity contribution in [2.24, 2.45) is 0 Å². The molecule has 0 radical (unpaired) electrons. The predicted molar refractivity (Wildman–Crippen MR) is 61.0 cm³/mol. The third-order valence-electron chi connectivity index (χ3n) is 2.10. The fraction of sp³-hybridized carbons (Fsp3) is 0.100. The number of aromatic carboxylic acids is 1. The van der Waals surface area contributed by atoms with Crippen LogP contribution in [0.1, 0.15) is 26.5 Å². The van der Waals surface area contributed by atoms with Gasteiger partial charge in [-0.15, -0.1) is 0 Å². The highest BCUT2D eigenvalue weighted by Gasteiger charge is 2.19. The van der Waals surface area contributed by atoms with Crippen molar-refractivity contribution in [3.63, 3.8) is 0 Å². The van der Waals surface area contributed by atoms with Crippen molar-refractivity contribution in [3.8, 4) is 0 Å². The lowest BCUT2D eigenvalue weighted by Crippen LogP contribution is -2.24. The summed E-state index contributed by atoms with van der Waals surface area (Å²) in [6.45, 7) is 0.355. The lowest BCUT2D eigenvalue weighted by Gasteiger charge is -2.01. The van der Waals surface area contributed by atoms with E-state index in [0.717, 1.165) is 5.56 Å². The molecule has 0 saturated heterocycles. The summed E-state index contributed by atoms with van der Waals surface area (Å²) in [5.74, 6) is -1.71. The number of carbonyl (C=O) groups is 2. The monoisotopic (exact) mass is 251 g/mol. The van der Waals surface area contributed by atoms with Gasteiger partial charge in [-0.1, -0.05) is 0 Å². The second kappa shape index (κ2) is 4.79. The van der Waals surface area contributed by atoms with Gasteiger partial charge in [-0.05, 0) is 22.4 Å². The van der Waals surface area contributed by atoms with Crippen molar-refractivity contribution in [2.75, 3.05) is 0 Å². The molecule has 6 nitrogen and oxygen atoms in total. The van der Waals surface area contributed by atoms with Crippen LogP contribution >= 0.6 is 11.3 Å². The lowest BCUT2D eigenvalue weighted by atomic mass is 10.3. The number of amides is 1. The summed E-state index contributed by atoms with van der Waals surface area (Å²) in [5, 5.41) is 15.2. The summed E-state index contributed by atoms with van der Waals surface area (Å²) in [4.78, 5) is 28.5. The molecule has 0 aliphatic carbocycles. The molecule has 2 heterocycles. The van der Waals surface area contributed by atoms with E-state index in [1.54, 1.807) is 0 Å². The number of hydrogen-bond acceptors (Lipinski definition) is 4. The maximum Gasteiger partial charge on any atom is 0.354 e. The Morgan fingerprint density at radius 3 is 3.00 bits per heavy atom. The van der Waals surface area contributed by atoms with Crippen molar-refractivity contribution in [1.82, 2.24) is 15.3 Å². The molecule has 3 N–H and O–H groups in total. The second-order valence-corrected chi connectivity index (χ2v) is 4.03. The van der Waals surface area contributed by atoms with Crippen LogP contribution in [0, 0.1) is 0 Å². The molecule has 2 aromatic heterocycles. The van der Waals surface area contributed by atoms with Gasteiger partial charge in [0.1, 0.15) is 0 Å². The summed E-state index contributed by atoms with van der Waals surface area (Å²) < 4.78 is 0. The van der Waals surface area contributed by atoms with E-state index in [1.165, 1.54) is 17.7 Å². The standard InChI is InChI=1S/C10H9N3O3S/c14-9(11-3-6-1-2-17-4-6)7-8(10(15)16)13-5-12-7/h1-2,4-5H,3H2,(H,11,14)(H,12,13)(H,15,16). The van der Waals surface area contributed by atoms with Gasteiger partial charge in [0.15, 0.2) is 11.4 Å². The Kier molecular flexibility index (Phi) is 3.20. The normalized spacial score (nSPS) is 10.1. The topological polar surface area (TPSA) is 95.1 Å². The summed E-state index contributed by atoms with van der Waals surface area (Å²) in [5.41, 5.74) is 0.663. The van der Waals surface area contributed by atoms with E-state index in [2.05, 4.69) is 15.3 Å². The number of carboxylic acids is 1. The number of carbonyl (C=O) groups excluding carboxylic acids is 1. The van der Waals surface area contributed by atoms with Crippen LogP contribution in [0.4, 0.5) is 0 Å². The van der Waals surface area contributed by atoms with Crippen molar-refractivity contribution in [2.45, 2.75) is 6.54 Å². The third kappa shape index (κ3) is 2.51. The second-order valence-electron chi connectivity index (χ2n) is 3.25. The van der Waals surface area contributed by atoms with E-state index in [-0.39, 0.29) is 11.4 Å². The zero-order valence-electron chi connectivity index (χ0n) is 8.64. The van der Waals surface area contributed by atoms with Gasteiger partial charge in [0, 0.05) is 6.54 Å². The molecule has 0 bridgehead atoms. The Morgan fingerprint density at radius 1 is 1.53 bits per heavy atom. The van der Waals surface area contributed by atoms with Crippen molar-refractivity contribution < 1.29 is 14.7 Å². The van der Waals surface area contributed by atoms with Gasteiger partial charge >= 0.3 is 5.97 Å². The molecular weight excluding hydrogens is 242 g/mol. The van der Waals surface area contributed by atoms with Gasteiger partial charge in [-0.2, -0.15) is 11.3 Å². The number of thiophene rings is 1. The first-order chi connectivity index (χ1) is 8.18. The van der Waals surface area contributed by atoms with Crippen LogP contribution in [0.2, 0.25) is 0 Å². The number of aromatic nitrogens is 2. The molecule has 17 heavy (non-hydrogen) atoms. The average molecular weight is 251 g/mol. The minimum atomic E-state index is -1.21. The van der Waals surface area contributed by atoms with Crippen molar-refractivity contribution >= 4 is 23.2 Å². The molecule has 0 aliphatic heterocycles. The Labute approximate surface area is 100 Å². The van der Waals surface area contributed by atoms with Gasteiger partial charge in [-0.3, -0.25) is 4.79 Å². The average Bonchev–Trinajstić information content (AvgIpc) is 2.96. The Bertz CT molecular complexity index is 533. The zero-order valence-corrected chi connectivity index (χ0v) is 9.45. The highest BCUT2D eigenvalue weighted by Crippen LogP contribution is 2.06. The Hall–Kier alpha value is -2.15. The minimum absolute atomic E-state index is 0.104. The van der Waals surface area contributed by atoms with Gasteiger partial charge in [-0.25, -0.2) is 9.78 Å². The van der Waals surface area contributed by atoms with Gasteiger partial charge in [0.2, 0.25) is 0 Å². The molecular formula is C10H9N3O3S. The van der Waals surface area contributed by atoms with Crippen LogP contribution < -0.4 is 5.32 Å². The quantitative estimate of drug-likeness (QED) is 0.758. The SMILES string of the molecule is O=C(NCc1ccsc1)c1nc[nH]c1C(=O)O. The number of imidazole rings is 1. The van der Waals surface area contributed by atoms with E-state index in [4.69, 9.17) is 5.11 Å². The molecule has 2 rings (SSSR count). The lowest BCUT2D eigenvalue weighted by molar-refractivity contribution is 0.0685. The molecule has 7 heteroatoms. The number of aromatic amines is 1. The van der Waals surface area contributed by atoms with Gasteiger partial charge in [0.05, 0.1) is 6.33 Å². The Balaban J connectivity index is 2.04. The maximum absolute atomic E-state index is 11.7. The molecule has 0 spiro atoms. The molecule has 0 aromatic carbocycles. The van der Waals surface area contributed by atoms with Gasteiger partial charge < -0.3 is 15.4 Å². The van der Waals surface area contributed by atoms with Crippen LogP contribution in [-0.4, -0.2) is 27.0 Å². The van der Waals surface area contributed by atoms with Crippen LogP contribution in [0.3, 0.4) is 0 Å². The maximum atomic E-state index is 11.7. The number of nitrogens with zero attached hydrogens (tertiary/aromatic N) is 1. The number of H-pyrrole nitrogens is 1. The summed E-state index contributed by atoms with van der Waals surface area (Å²) in [7, 11) is 0. The summed E-state index contributed by atoms with van der Waals surface area (Å²) >= 11 is 1.53. The molecule has 0 atom stereocenters. The summed E-state index contributed by atoms with van der Waals surface area (Å²) in [6.07, 6.45) is 1.18. The van der Waals surface area contributed by atoms with E-state index in [9.17, 15) is 9.59 Å².